The first-order valence-electron chi connectivity index (χ1n) is 13.4. The Kier molecular flexibility index (Phi) is 7.10. The second-order valence-electron chi connectivity index (χ2n) is 10.7. The third-order valence-electron chi connectivity index (χ3n) is 8.54. The standard InChI is InChI=1S/C27H38N4O5/c1-3-11-27(25(33)31(26(34)28-27)15-10-21-5-4-12-29(21)2)20-8-13-30(14-9-20)24(32)17-19-6-7-22-23(16-19)36-18-35-22/h6-7,16,20-21H,3-5,8-15,17-18H2,1-2H3,(H,28,34). The fourth-order valence-corrected chi connectivity index (χ4v) is 6.47. The Labute approximate surface area is 213 Å². The molecule has 0 bridgehead atoms. The van der Waals surface area contributed by atoms with Crippen LogP contribution in [0.5, 0.6) is 11.5 Å². The molecule has 9 heteroatoms. The highest BCUT2D eigenvalue weighted by Gasteiger charge is 2.55. The van der Waals surface area contributed by atoms with Gasteiger partial charge in [0.15, 0.2) is 11.5 Å². The Bertz CT molecular complexity index is 1010. The summed E-state index contributed by atoms with van der Waals surface area (Å²) >= 11 is 0. The van der Waals surface area contributed by atoms with Crippen LogP contribution < -0.4 is 14.8 Å². The number of amides is 4. The molecule has 2 atom stereocenters. The Morgan fingerprint density at radius 3 is 2.61 bits per heavy atom. The first-order valence-corrected chi connectivity index (χ1v) is 13.4. The average Bonchev–Trinajstić information content (AvgIpc) is 3.57. The fourth-order valence-electron chi connectivity index (χ4n) is 6.47. The van der Waals surface area contributed by atoms with Gasteiger partial charge >= 0.3 is 6.03 Å². The number of carbonyl (C=O) groups excluding carboxylic acids is 3. The Morgan fingerprint density at radius 1 is 1.11 bits per heavy atom. The highest BCUT2D eigenvalue weighted by atomic mass is 16.7. The second kappa shape index (κ2) is 10.3. The van der Waals surface area contributed by atoms with Crippen molar-refractivity contribution in [3.63, 3.8) is 0 Å². The minimum Gasteiger partial charge on any atom is -0.454 e. The molecule has 0 aromatic heterocycles. The molecular weight excluding hydrogens is 460 g/mol. The lowest BCUT2D eigenvalue weighted by Gasteiger charge is -2.41. The van der Waals surface area contributed by atoms with Crippen molar-refractivity contribution in [1.82, 2.24) is 20.0 Å². The number of urea groups is 1. The van der Waals surface area contributed by atoms with Gasteiger partial charge in [0.25, 0.3) is 5.91 Å². The highest BCUT2D eigenvalue weighted by Crippen LogP contribution is 2.38. The lowest BCUT2D eigenvalue weighted by atomic mass is 9.74. The SMILES string of the molecule is CCCC1(C2CCN(C(=O)Cc3ccc4c(c3)OCO4)CC2)NC(=O)N(CCC2CCCN2C)C1=O. The molecule has 4 aliphatic rings. The smallest absolute Gasteiger partial charge is 0.325 e. The largest absolute Gasteiger partial charge is 0.454 e. The topological polar surface area (TPSA) is 91.4 Å². The molecular formula is C27H38N4O5. The summed E-state index contributed by atoms with van der Waals surface area (Å²) in [5, 5.41) is 3.13. The molecule has 0 saturated carbocycles. The molecule has 5 rings (SSSR count). The normalized spacial score (nSPS) is 26.7. The van der Waals surface area contributed by atoms with Crippen LogP contribution in [0.15, 0.2) is 18.2 Å². The zero-order valence-electron chi connectivity index (χ0n) is 21.5. The van der Waals surface area contributed by atoms with Gasteiger partial charge < -0.3 is 24.6 Å². The highest BCUT2D eigenvalue weighted by molar-refractivity contribution is 6.07. The molecule has 0 spiro atoms. The number of imide groups is 1. The van der Waals surface area contributed by atoms with E-state index in [0.29, 0.717) is 62.9 Å². The van der Waals surface area contributed by atoms with Crippen LogP contribution in [0.3, 0.4) is 0 Å². The third kappa shape index (κ3) is 4.65. The molecule has 0 radical (unpaired) electrons. The van der Waals surface area contributed by atoms with Gasteiger partial charge in [-0.2, -0.15) is 0 Å². The zero-order chi connectivity index (χ0) is 25.3. The Morgan fingerprint density at radius 2 is 1.89 bits per heavy atom. The van der Waals surface area contributed by atoms with Crippen molar-refractivity contribution in [2.75, 3.05) is 40.0 Å². The average molecular weight is 499 g/mol. The van der Waals surface area contributed by atoms with Crippen molar-refractivity contribution in [2.45, 2.75) is 69.9 Å². The first-order chi connectivity index (χ1) is 17.4. The number of nitrogens with one attached hydrogen (secondary N) is 1. The van der Waals surface area contributed by atoms with Crippen LogP contribution in [0, 0.1) is 5.92 Å². The molecule has 36 heavy (non-hydrogen) atoms. The summed E-state index contributed by atoms with van der Waals surface area (Å²) in [6.45, 7) is 5.01. The van der Waals surface area contributed by atoms with Gasteiger partial charge in [-0.1, -0.05) is 19.4 Å². The number of likely N-dealkylation sites (tertiary alicyclic amines) is 2. The molecule has 3 saturated heterocycles. The minimum absolute atomic E-state index is 0.0302. The molecule has 4 amide bonds. The molecule has 1 aromatic carbocycles. The van der Waals surface area contributed by atoms with Crippen molar-refractivity contribution in [3.8, 4) is 11.5 Å². The van der Waals surface area contributed by atoms with E-state index in [1.807, 2.05) is 23.1 Å². The van der Waals surface area contributed by atoms with Crippen LogP contribution in [0.4, 0.5) is 4.79 Å². The van der Waals surface area contributed by atoms with E-state index >= 15 is 0 Å². The van der Waals surface area contributed by atoms with E-state index in [1.54, 1.807) is 0 Å². The second-order valence-corrected chi connectivity index (χ2v) is 10.7. The quantitative estimate of drug-likeness (QED) is 0.555. The lowest BCUT2D eigenvalue weighted by molar-refractivity contribution is -0.136. The number of benzene rings is 1. The van der Waals surface area contributed by atoms with E-state index in [4.69, 9.17) is 9.47 Å². The third-order valence-corrected chi connectivity index (χ3v) is 8.54. The Balaban J connectivity index is 1.19. The summed E-state index contributed by atoms with van der Waals surface area (Å²) in [5.74, 6) is 1.42. The number of piperidine rings is 1. The number of rotatable bonds is 8. The number of hydrogen-bond acceptors (Lipinski definition) is 6. The summed E-state index contributed by atoms with van der Waals surface area (Å²) in [6.07, 6.45) is 6.29. The Hall–Kier alpha value is -2.81. The molecule has 9 nitrogen and oxygen atoms in total. The maximum absolute atomic E-state index is 13.7. The van der Waals surface area contributed by atoms with Crippen molar-refractivity contribution >= 4 is 17.8 Å². The van der Waals surface area contributed by atoms with E-state index in [2.05, 4.69) is 24.2 Å². The number of carbonyl (C=O) groups is 3. The number of nitrogens with zero attached hydrogens (tertiary/aromatic N) is 3. The molecule has 0 aliphatic carbocycles. The maximum atomic E-state index is 13.7. The summed E-state index contributed by atoms with van der Waals surface area (Å²) < 4.78 is 10.8. The van der Waals surface area contributed by atoms with Crippen LogP contribution in [0.2, 0.25) is 0 Å². The summed E-state index contributed by atoms with van der Waals surface area (Å²) in [5.41, 5.74) is 0.0514. The van der Waals surface area contributed by atoms with Gasteiger partial charge in [0.05, 0.1) is 6.42 Å². The van der Waals surface area contributed by atoms with Gasteiger partial charge in [0.2, 0.25) is 12.7 Å². The minimum atomic E-state index is -0.847. The molecule has 1 aromatic rings. The van der Waals surface area contributed by atoms with Crippen molar-refractivity contribution < 1.29 is 23.9 Å². The van der Waals surface area contributed by atoms with Crippen molar-refractivity contribution in [2.24, 2.45) is 5.92 Å². The van der Waals surface area contributed by atoms with E-state index in [0.717, 1.165) is 31.4 Å². The number of hydrogen-bond donors (Lipinski definition) is 1. The monoisotopic (exact) mass is 498 g/mol. The van der Waals surface area contributed by atoms with E-state index < -0.39 is 5.54 Å². The van der Waals surface area contributed by atoms with Gasteiger partial charge in [-0.25, -0.2) is 4.79 Å². The van der Waals surface area contributed by atoms with Crippen LogP contribution in [0.25, 0.3) is 0 Å². The van der Waals surface area contributed by atoms with Gasteiger partial charge in [0, 0.05) is 25.7 Å². The molecule has 4 heterocycles. The summed E-state index contributed by atoms with van der Waals surface area (Å²) in [6, 6.07) is 5.80. The number of ether oxygens (including phenoxy) is 2. The van der Waals surface area contributed by atoms with Gasteiger partial charge in [0.1, 0.15) is 5.54 Å². The molecule has 3 fully saturated rings. The molecule has 2 unspecified atom stereocenters. The first kappa shape index (κ1) is 24.9. The predicted octanol–water partition coefficient (Wildman–Crippen LogP) is 2.77. The van der Waals surface area contributed by atoms with E-state index in [-0.39, 0.29) is 30.6 Å². The van der Waals surface area contributed by atoms with Crippen LogP contribution in [-0.2, 0) is 16.0 Å². The molecule has 4 aliphatic heterocycles. The summed E-state index contributed by atoms with van der Waals surface area (Å²) in [7, 11) is 2.12. The van der Waals surface area contributed by atoms with Crippen LogP contribution >= 0.6 is 0 Å². The van der Waals surface area contributed by atoms with E-state index in [9.17, 15) is 14.4 Å². The van der Waals surface area contributed by atoms with Gasteiger partial charge in [-0.3, -0.25) is 14.5 Å². The summed E-state index contributed by atoms with van der Waals surface area (Å²) in [4.78, 5) is 45.3. The van der Waals surface area contributed by atoms with Crippen molar-refractivity contribution in [1.29, 1.82) is 0 Å². The lowest BCUT2D eigenvalue weighted by Crippen LogP contribution is -2.56. The predicted molar refractivity (Wildman–Crippen MR) is 134 cm³/mol. The van der Waals surface area contributed by atoms with Crippen molar-refractivity contribution in [3.05, 3.63) is 23.8 Å². The zero-order valence-corrected chi connectivity index (χ0v) is 21.5. The number of fused-ring (bicyclic) bond motifs is 1. The van der Waals surface area contributed by atoms with Crippen LogP contribution in [0.1, 0.15) is 57.4 Å². The van der Waals surface area contributed by atoms with Gasteiger partial charge in [-0.05, 0) is 75.7 Å². The maximum Gasteiger partial charge on any atom is 0.325 e. The molecule has 1 N–H and O–H groups in total. The van der Waals surface area contributed by atoms with E-state index in [1.165, 1.54) is 11.3 Å². The fraction of sp³-hybridized carbons (Fsp3) is 0.667. The van der Waals surface area contributed by atoms with Crippen LogP contribution in [-0.4, -0.2) is 84.1 Å². The molecule has 196 valence electrons. The van der Waals surface area contributed by atoms with Gasteiger partial charge in [-0.15, -0.1) is 0 Å².